The molecule has 1 aliphatic rings. The summed E-state index contributed by atoms with van der Waals surface area (Å²) in [6, 6.07) is 11.8. The zero-order valence-corrected chi connectivity index (χ0v) is 15.2. The van der Waals surface area contributed by atoms with Gasteiger partial charge in [0.15, 0.2) is 5.82 Å². The van der Waals surface area contributed by atoms with Crippen molar-refractivity contribution in [2.75, 3.05) is 6.61 Å². The molecule has 0 bridgehead atoms. The van der Waals surface area contributed by atoms with Crippen molar-refractivity contribution < 1.29 is 4.74 Å². The van der Waals surface area contributed by atoms with Gasteiger partial charge < -0.3 is 4.74 Å². The van der Waals surface area contributed by atoms with E-state index in [0.29, 0.717) is 11.6 Å². The highest BCUT2D eigenvalue weighted by Crippen LogP contribution is 2.43. The van der Waals surface area contributed by atoms with E-state index in [9.17, 15) is 0 Å². The summed E-state index contributed by atoms with van der Waals surface area (Å²) in [5.41, 5.74) is 3.13. The predicted octanol–water partition coefficient (Wildman–Crippen LogP) is 4.65. The maximum Gasteiger partial charge on any atom is 0.178 e. The van der Waals surface area contributed by atoms with E-state index in [4.69, 9.17) is 16.3 Å². The van der Waals surface area contributed by atoms with Gasteiger partial charge in [-0.25, -0.2) is 0 Å². The quantitative estimate of drug-likeness (QED) is 0.508. The first-order chi connectivity index (χ1) is 12.8. The van der Waals surface area contributed by atoms with Gasteiger partial charge in [0.25, 0.3) is 0 Å². The van der Waals surface area contributed by atoms with Crippen LogP contribution in [-0.4, -0.2) is 26.4 Å². The van der Waals surface area contributed by atoms with E-state index in [1.54, 1.807) is 23.9 Å². The van der Waals surface area contributed by atoms with E-state index in [1.165, 1.54) is 10.4 Å². The molecule has 4 heterocycles. The van der Waals surface area contributed by atoms with E-state index >= 15 is 0 Å². The van der Waals surface area contributed by atoms with E-state index in [2.05, 4.69) is 21.2 Å². The van der Waals surface area contributed by atoms with Crippen molar-refractivity contribution in [3.05, 3.63) is 65.7 Å². The molecule has 0 fully saturated rings. The molecular formula is C19H13ClN4OS. The number of para-hydroxylation sites is 1. The molecule has 0 unspecified atom stereocenters. The molecular weight excluding hydrogens is 368 g/mol. The van der Waals surface area contributed by atoms with Crippen molar-refractivity contribution in [2.24, 2.45) is 0 Å². The number of halogens is 1. The Balaban J connectivity index is 1.66. The fraction of sp³-hybridized carbons (Fsp3) is 0.105. The second-order valence-electron chi connectivity index (χ2n) is 5.91. The van der Waals surface area contributed by atoms with Crippen molar-refractivity contribution in [1.82, 2.24) is 19.7 Å². The Morgan fingerprint density at radius 2 is 2.12 bits per heavy atom. The summed E-state index contributed by atoms with van der Waals surface area (Å²) in [6.45, 7) is 0.650. The van der Waals surface area contributed by atoms with Crippen LogP contribution in [0.25, 0.3) is 26.8 Å². The first-order valence-electron chi connectivity index (χ1n) is 8.16. The number of nitrogens with zero attached hydrogens (tertiary/aromatic N) is 4. The average molecular weight is 381 g/mol. The van der Waals surface area contributed by atoms with Gasteiger partial charge in [-0.3, -0.25) is 9.55 Å². The summed E-state index contributed by atoms with van der Waals surface area (Å²) >= 11 is 8.04. The van der Waals surface area contributed by atoms with Gasteiger partial charge in [0.1, 0.15) is 12.1 Å². The molecule has 5 rings (SSSR count). The fourth-order valence-corrected chi connectivity index (χ4v) is 4.56. The van der Waals surface area contributed by atoms with Crippen LogP contribution in [-0.2, 0) is 6.42 Å². The molecule has 26 heavy (non-hydrogen) atoms. The predicted molar refractivity (Wildman–Crippen MR) is 102 cm³/mol. The lowest BCUT2D eigenvalue weighted by atomic mass is 10.1. The van der Waals surface area contributed by atoms with Crippen molar-refractivity contribution in [2.45, 2.75) is 6.42 Å². The van der Waals surface area contributed by atoms with Crippen molar-refractivity contribution in [3.63, 3.8) is 0 Å². The molecule has 5 nitrogen and oxygen atoms in total. The second-order valence-corrected chi connectivity index (χ2v) is 7.37. The van der Waals surface area contributed by atoms with Gasteiger partial charge in [0.05, 0.1) is 27.8 Å². The molecule has 3 aromatic heterocycles. The van der Waals surface area contributed by atoms with Crippen LogP contribution in [0.15, 0.2) is 55.1 Å². The molecule has 4 aromatic rings. The number of thiophene rings is 1. The molecule has 0 N–H and O–H groups in total. The SMILES string of the molecule is Clc1ccccc1-n1cnnc1-c1cc2c(s1)-c1cnccc1OCC2. The number of hydrogen-bond acceptors (Lipinski definition) is 5. The lowest BCUT2D eigenvalue weighted by Crippen LogP contribution is -1.98. The molecule has 0 aliphatic carbocycles. The number of benzene rings is 1. The molecule has 7 heteroatoms. The Morgan fingerprint density at radius 3 is 3.04 bits per heavy atom. The second kappa shape index (κ2) is 6.23. The number of aromatic nitrogens is 4. The highest BCUT2D eigenvalue weighted by Gasteiger charge is 2.22. The summed E-state index contributed by atoms with van der Waals surface area (Å²) < 4.78 is 7.77. The van der Waals surface area contributed by atoms with Crippen LogP contribution in [0.2, 0.25) is 5.02 Å². The van der Waals surface area contributed by atoms with Gasteiger partial charge in [0, 0.05) is 23.7 Å². The first kappa shape index (κ1) is 15.5. The normalized spacial score (nSPS) is 12.8. The molecule has 1 aliphatic heterocycles. The molecule has 128 valence electrons. The number of rotatable bonds is 2. The zero-order chi connectivity index (χ0) is 17.5. The van der Waals surface area contributed by atoms with Crippen LogP contribution in [0.3, 0.4) is 0 Å². The lowest BCUT2D eigenvalue weighted by Gasteiger charge is -2.07. The third-order valence-corrected chi connectivity index (χ3v) is 5.87. The Hall–Kier alpha value is -2.70. The highest BCUT2D eigenvalue weighted by molar-refractivity contribution is 7.19. The summed E-state index contributed by atoms with van der Waals surface area (Å²) in [6.07, 6.45) is 6.16. The van der Waals surface area contributed by atoms with Crippen molar-refractivity contribution in [1.29, 1.82) is 0 Å². The van der Waals surface area contributed by atoms with Crippen LogP contribution in [0.5, 0.6) is 5.75 Å². The van der Waals surface area contributed by atoms with Crippen LogP contribution in [0, 0.1) is 0 Å². The summed E-state index contributed by atoms with van der Waals surface area (Å²) in [5, 5.41) is 9.12. The number of fused-ring (bicyclic) bond motifs is 3. The van der Waals surface area contributed by atoms with Gasteiger partial charge in [0.2, 0.25) is 0 Å². The van der Waals surface area contributed by atoms with Gasteiger partial charge >= 0.3 is 0 Å². The summed E-state index contributed by atoms with van der Waals surface area (Å²) in [7, 11) is 0. The van der Waals surface area contributed by atoms with Crippen molar-refractivity contribution in [3.8, 4) is 32.6 Å². The third-order valence-electron chi connectivity index (χ3n) is 4.34. The molecule has 0 spiro atoms. The van der Waals surface area contributed by atoms with Crippen LogP contribution in [0.4, 0.5) is 0 Å². The maximum atomic E-state index is 6.37. The minimum Gasteiger partial charge on any atom is -0.492 e. The molecule has 1 aromatic carbocycles. The minimum atomic E-state index is 0.650. The van der Waals surface area contributed by atoms with Crippen LogP contribution < -0.4 is 4.74 Å². The molecule has 0 saturated carbocycles. The van der Waals surface area contributed by atoms with Crippen molar-refractivity contribution >= 4 is 22.9 Å². The molecule has 0 radical (unpaired) electrons. The number of pyridine rings is 1. The third kappa shape index (κ3) is 2.50. The average Bonchev–Trinajstić information content (AvgIpc) is 3.26. The molecule has 0 saturated heterocycles. The fourth-order valence-electron chi connectivity index (χ4n) is 3.13. The Morgan fingerprint density at radius 1 is 1.19 bits per heavy atom. The maximum absolute atomic E-state index is 6.37. The molecule has 0 amide bonds. The number of hydrogen-bond donors (Lipinski definition) is 0. The van der Waals surface area contributed by atoms with Crippen LogP contribution in [0.1, 0.15) is 5.56 Å². The van der Waals surface area contributed by atoms with E-state index in [1.807, 2.05) is 41.1 Å². The first-order valence-corrected chi connectivity index (χ1v) is 9.36. The summed E-state index contributed by atoms with van der Waals surface area (Å²) in [5.74, 6) is 1.65. The minimum absolute atomic E-state index is 0.650. The summed E-state index contributed by atoms with van der Waals surface area (Å²) in [4.78, 5) is 6.48. The van der Waals surface area contributed by atoms with E-state index in [-0.39, 0.29) is 0 Å². The smallest absolute Gasteiger partial charge is 0.178 e. The van der Waals surface area contributed by atoms with E-state index < -0.39 is 0 Å². The Kier molecular flexibility index (Phi) is 3.72. The Bertz CT molecular complexity index is 1100. The van der Waals surface area contributed by atoms with Gasteiger partial charge in [-0.05, 0) is 29.8 Å². The molecule has 0 atom stereocenters. The number of ether oxygens (including phenoxy) is 1. The van der Waals surface area contributed by atoms with Crippen LogP contribution >= 0.6 is 22.9 Å². The standard InChI is InChI=1S/C19H13ClN4OS/c20-14-3-1-2-4-15(14)24-11-22-23-19(24)17-9-12-6-8-25-16-5-7-21-10-13(16)18(12)26-17/h1-5,7,9-11H,6,8H2. The highest BCUT2D eigenvalue weighted by atomic mass is 35.5. The monoisotopic (exact) mass is 380 g/mol. The van der Waals surface area contributed by atoms with E-state index in [0.717, 1.165) is 34.1 Å². The lowest BCUT2D eigenvalue weighted by molar-refractivity contribution is 0.326. The van der Waals surface area contributed by atoms with Gasteiger partial charge in [-0.15, -0.1) is 21.5 Å². The van der Waals surface area contributed by atoms with Gasteiger partial charge in [-0.2, -0.15) is 0 Å². The van der Waals surface area contributed by atoms with Gasteiger partial charge in [-0.1, -0.05) is 23.7 Å². The largest absolute Gasteiger partial charge is 0.492 e. The topological polar surface area (TPSA) is 52.8 Å². The zero-order valence-electron chi connectivity index (χ0n) is 13.6. The Labute approximate surface area is 158 Å².